The standard InChI is InChI=1S/C24H23Cl2N3O5/c1-3-33-23(30)9-10-34-22-8-7-17(14-27-22)29-24(31)21(32-2)6-4-5-16-11-15-12-18(25)19(26)13-20(15)28-16/h4-8,11-14,28H,3,9-10H2,1-2H3,(H,29,31)/b5-4+,21-6-. The number of hydrogen-bond acceptors (Lipinski definition) is 6. The average Bonchev–Trinajstić information content (AvgIpc) is 3.19. The molecule has 2 aromatic heterocycles. The van der Waals surface area contributed by atoms with Gasteiger partial charge in [-0.25, -0.2) is 4.98 Å². The molecule has 0 aliphatic carbocycles. The summed E-state index contributed by atoms with van der Waals surface area (Å²) in [6, 6.07) is 8.67. The Morgan fingerprint density at radius 3 is 2.68 bits per heavy atom. The molecule has 0 bridgehead atoms. The van der Waals surface area contributed by atoms with Crippen molar-refractivity contribution in [3.8, 4) is 5.88 Å². The minimum Gasteiger partial charge on any atom is -0.491 e. The zero-order chi connectivity index (χ0) is 24.5. The molecule has 3 rings (SSSR count). The number of amides is 1. The molecule has 34 heavy (non-hydrogen) atoms. The summed E-state index contributed by atoms with van der Waals surface area (Å²) in [7, 11) is 1.41. The molecular weight excluding hydrogens is 481 g/mol. The van der Waals surface area contributed by atoms with Gasteiger partial charge in [-0.15, -0.1) is 0 Å². The third-order valence-electron chi connectivity index (χ3n) is 4.51. The van der Waals surface area contributed by atoms with Crippen LogP contribution in [0.15, 0.2) is 54.4 Å². The number of rotatable bonds is 10. The number of nitrogens with zero attached hydrogens (tertiary/aromatic N) is 1. The van der Waals surface area contributed by atoms with Crippen molar-refractivity contribution >= 4 is 57.7 Å². The lowest BCUT2D eigenvalue weighted by molar-refractivity contribution is -0.143. The minimum absolute atomic E-state index is 0.105. The number of carbonyl (C=O) groups excluding carboxylic acids is 2. The number of hydrogen-bond donors (Lipinski definition) is 2. The Labute approximate surface area is 206 Å². The van der Waals surface area contributed by atoms with Gasteiger partial charge in [0.05, 0.1) is 42.1 Å². The van der Waals surface area contributed by atoms with Crippen molar-refractivity contribution in [2.45, 2.75) is 13.3 Å². The summed E-state index contributed by atoms with van der Waals surface area (Å²) >= 11 is 12.1. The molecule has 0 saturated heterocycles. The number of nitrogens with one attached hydrogen (secondary N) is 2. The van der Waals surface area contributed by atoms with Gasteiger partial charge in [0.15, 0.2) is 5.76 Å². The quantitative estimate of drug-likeness (QED) is 0.166. The molecule has 2 heterocycles. The summed E-state index contributed by atoms with van der Waals surface area (Å²) in [5, 5.41) is 4.57. The molecule has 0 spiro atoms. The predicted molar refractivity (Wildman–Crippen MR) is 132 cm³/mol. The molecule has 0 saturated carbocycles. The molecule has 3 aromatic rings. The molecule has 1 aromatic carbocycles. The number of anilines is 1. The van der Waals surface area contributed by atoms with E-state index in [1.165, 1.54) is 13.3 Å². The SMILES string of the molecule is CCOC(=O)CCOc1ccc(NC(=O)/C(=C/C=C/c2cc3cc(Cl)c(Cl)cc3[nH]2)OC)cn1. The number of allylic oxidation sites excluding steroid dienone is 2. The van der Waals surface area contributed by atoms with Gasteiger partial charge in [0.1, 0.15) is 6.61 Å². The molecular formula is C24H23Cl2N3O5. The Bertz CT molecular complexity index is 1180. The maximum absolute atomic E-state index is 12.5. The Balaban J connectivity index is 1.57. The second-order valence-electron chi connectivity index (χ2n) is 6.92. The first-order valence-electron chi connectivity index (χ1n) is 10.4. The van der Waals surface area contributed by atoms with Gasteiger partial charge in [-0.3, -0.25) is 9.59 Å². The van der Waals surface area contributed by atoms with Crippen molar-refractivity contribution in [1.82, 2.24) is 9.97 Å². The zero-order valence-electron chi connectivity index (χ0n) is 18.6. The fourth-order valence-corrected chi connectivity index (χ4v) is 3.25. The normalized spacial score (nSPS) is 11.6. The number of fused-ring (bicyclic) bond motifs is 1. The summed E-state index contributed by atoms with van der Waals surface area (Å²) < 4.78 is 15.4. The predicted octanol–water partition coefficient (Wildman–Crippen LogP) is 5.38. The monoisotopic (exact) mass is 503 g/mol. The summed E-state index contributed by atoms with van der Waals surface area (Å²) in [5.41, 5.74) is 2.12. The van der Waals surface area contributed by atoms with Gasteiger partial charge in [0.25, 0.3) is 5.91 Å². The van der Waals surface area contributed by atoms with E-state index >= 15 is 0 Å². The first-order chi connectivity index (χ1) is 16.4. The van der Waals surface area contributed by atoms with E-state index < -0.39 is 5.91 Å². The van der Waals surface area contributed by atoms with Crippen LogP contribution in [-0.4, -0.2) is 42.2 Å². The summed E-state index contributed by atoms with van der Waals surface area (Å²) in [6.45, 7) is 2.22. The lowest BCUT2D eigenvalue weighted by Gasteiger charge is -2.08. The molecule has 0 unspecified atom stereocenters. The number of pyridine rings is 1. The van der Waals surface area contributed by atoms with E-state index in [-0.39, 0.29) is 24.8 Å². The van der Waals surface area contributed by atoms with Crippen LogP contribution in [0.3, 0.4) is 0 Å². The van der Waals surface area contributed by atoms with Crippen LogP contribution in [0.25, 0.3) is 17.0 Å². The molecule has 2 N–H and O–H groups in total. The maximum atomic E-state index is 12.5. The topological polar surface area (TPSA) is 103 Å². The molecule has 10 heteroatoms. The first kappa shape index (κ1) is 25.1. The second kappa shape index (κ2) is 12.1. The average molecular weight is 504 g/mol. The minimum atomic E-state index is -0.444. The van der Waals surface area contributed by atoms with Gasteiger partial charge >= 0.3 is 5.97 Å². The Kier molecular flexibility index (Phi) is 8.95. The number of benzene rings is 1. The summed E-state index contributed by atoms with van der Waals surface area (Å²) in [4.78, 5) is 31.1. The van der Waals surface area contributed by atoms with Crippen LogP contribution < -0.4 is 10.1 Å². The van der Waals surface area contributed by atoms with Crippen LogP contribution in [0.1, 0.15) is 19.0 Å². The van der Waals surface area contributed by atoms with Crippen LogP contribution in [0.5, 0.6) is 5.88 Å². The van der Waals surface area contributed by atoms with Crippen LogP contribution in [0.4, 0.5) is 5.69 Å². The molecule has 8 nitrogen and oxygen atoms in total. The lowest BCUT2D eigenvalue weighted by atomic mass is 10.2. The van der Waals surface area contributed by atoms with E-state index in [0.717, 1.165) is 16.6 Å². The number of halogens is 2. The summed E-state index contributed by atoms with van der Waals surface area (Å²) in [6.07, 6.45) is 6.59. The Morgan fingerprint density at radius 1 is 1.18 bits per heavy atom. The number of aromatic amines is 1. The Morgan fingerprint density at radius 2 is 1.97 bits per heavy atom. The van der Waals surface area contributed by atoms with Crippen molar-refractivity contribution < 1.29 is 23.8 Å². The van der Waals surface area contributed by atoms with E-state index in [9.17, 15) is 9.59 Å². The number of carbonyl (C=O) groups is 2. The lowest BCUT2D eigenvalue weighted by Crippen LogP contribution is -2.15. The molecule has 0 atom stereocenters. The smallest absolute Gasteiger partial charge is 0.309 e. The molecule has 0 aliphatic heterocycles. The van der Waals surface area contributed by atoms with Crippen LogP contribution in [-0.2, 0) is 19.1 Å². The number of esters is 1. The van der Waals surface area contributed by atoms with Gasteiger partial charge in [0, 0.05) is 22.7 Å². The molecule has 178 valence electrons. The number of ether oxygens (including phenoxy) is 3. The van der Waals surface area contributed by atoms with Crippen molar-refractivity contribution in [3.63, 3.8) is 0 Å². The van der Waals surface area contributed by atoms with Gasteiger partial charge in [0.2, 0.25) is 5.88 Å². The second-order valence-corrected chi connectivity index (χ2v) is 7.73. The fourth-order valence-electron chi connectivity index (χ4n) is 2.92. The van der Waals surface area contributed by atoms with E-state index in [4.69, 9.17) is 37.4 Å². The van der Waals surface area contributed by atoms with E-state index in [1.54, 1.807) is 49.4 Å². The van der Waals surface area contributed by atoms with Crippen LogP contribution in [0.2, 0.25) is 10.0 Å². The molecule has 0 fully saturated rings. The van der Waals surface area contributed by atoms with Crippen molar-refractivity contribution in [3.05, 3.63) is 70.2 Å². The van der Waals surface area contributed by atoms with Crippen molar-refractivity contribution in [1.29, 1.82) is 0 Å². The third kappa shape index (κ3) is 7.00. The molecule has 0 radical (unpaired) electrons. The van der Waals surface area contributed by atoms with Gasteiger partial charge in [-0.2, -0.15) is 0 Å². The highest BCUT2D eigenvalue weighted by molar-refractivity contribution is 6.42. The maximum Gasteiger partial charge on any atom is 0.309 e. The van der Waals surface area contributed by atoms with Gasteiger partial charge in [-0.1, -0.05) is 29.3 Å². The number of H-pyrrole nitrogens is 1. The zero-order valence-corrected chi connectivity index (χ0v) is 20.1. The largest absolute Gasteiger partial charge is 0.491 e. The van der Waals surface area contributed by atoms with Gasteiger partial charge < -0.3 is 24.5 Å². The van der Waals surface area contributed by atoms with E-state index in [0.29, 0.717) is 28.2 Å². The molecule has 1 amide bonds. The van der Waals surface area contributed by atoms with Crippen LogP contribution in [0, 0.1) is 0 Å². The van der Waals surface area contributed by atoms with Gasteiger partial charge in [-0.05, 0) is 43.3 Å². The van der Waals surface area contributed by atoms with Crippen molar-refractivity contribution in [2.75, 3.05) is 25.6 Å². The first-order valence-corrected chi connectivity index (χ1v) is 11.1. The van der Waals surface area contributed by atoms with Crippen molar-refractivity contribution in [2.24, 2.45) is 0 Å². The van der Waals surface area contributed by atoms with E-state index in [2.05, 4.69) is 15.3 Å². The number of methoxy groups -OCH3 is 1. The fraction of sp³-hybridized carbons (Fsp3) is 0.208. The highest BCUT2D eigenvalue weighted by Gasteiger charge is 2.10. The highest BCUT2D eigenvalue weighted by atomic mass is 35.5. The third-order valence-corrected chi connectivity index (χ3v) is 5.23. The van der Waals surface area contributed by atoms with Crippen LogP contribution >= 0.6 is 23.2 Å². The summed E-state index contributed by atoms with van der Waals surface area (Å²) in [5.74, 6) is -0.348. The van der Waals surface area contributed by atoms with E-state index in [1.807, 2.05) is 6.07 Å². The molecule has 0 aliphatic rings. The highest BCUT2D eigenvalue weighted by Crippen LogP contribution is 2.28. The number of aromatic nitrogens is 2. The Hall–Kier alpha value is -3.49.